The molecule has 0 aliphatic carbocycles. The van der Waals surface area contributed by atoms with Crippen LogP contribution in [0.4, 0.5) is 0 Å². The summed E-state index contributed by atoms with van der Waals surface area (Å²) < 4.78 is 0. The third-order valence-corrected chi connectivity index (χ3v) is 1.45. The molecule has 0 amide bonds. The van der Waals surface area contributed by atoms with Crippen LogP contribution in [-0.4, -0.2) is 10.7 Å². The maximum atomic E-state index is 9.26. The number of aliphatic hydroxyl groups is 1. The molecule has 14 heavy (non-hydrogen) atoms. The van der Waals surface area contributed by atoms with Crippen LogP contribution in [0.1, 0.15) is 41.0 Å². The number of hydrogen-bond donors (Lipinski definition) is 1. The highest BCUT2D eigenvalue weighted by Crippen LogP contribution is 2.13. The molecule has 0 rings (SSSR count). The van der Waals surface area contributed by atoms with Gasteiger partial charge in [-0.2, -0.15) is 0 Å². The Hall–Kier alpha value is -0.920. The van der Waals surface area contributed by atoms with E-state index in [0.29, 0.717) is 18.3 Å². The Labute approximate surface area is 88.9 Å². The van der Waals surface area contributed by atoms with Crippen LogP contribution >= 0.6 is 0 Å². The van der Waals surface area contributed by atoms with Crippen LogP contribution in [0.25, 0.3) is 0 Å². The second-order valence-corrected chi connectivity index (χ2v) is 4.34. The molecule has 0 aliphatic heterocycles. The summed E-state index contributed by atoms with van der Waals surface area (Å²) in [5, 5.41) is 9.26. The Morgan fingerprint density at radius 1 is 1.21 bits per heavy atom. The molecule has 0 fully saturated rings. The Bertz CT molecular complexity index is 210. The molecule has 0 radical (unpaired) electrons. The highest BCUT2D eigenvalue weighted by Gasteiger charge is 2.17. The first-order valence-corrected chi connectivity index (χ1v) is 4.91. The molecule has 0 aromatic heterocycles. The van der Waals surface area contributed by atoms with Gasteiger partial charge >= 0.3 is 0 Å². The Kier molecular flexibility index (Phi) is 8.31. The fourth-order valence-corrected chi connectivity index (χ4v) is 0.854. The molecule has 1 atom stereocenters. The first kappa shape index (κ1) is 15.5. The van der Waals surface area contributed by atoms with Crippen molar-refractivity contribution in [3.05, 3.63) is 0 Å². The molecule has 0 saturated heterocycles. The molecule has 0 aromatic rings. The predicted octanol–water partition coefficient (Wildman–Crippen LogP) is 2.69. The summed E-state index contributed by atoms with van der Waals surface area (Å²) in [5.74, 6) is 5.72. The summed E-state index contributed by atoms with van der Waals surface area (Å²) in [6.45, 7) is 9.70. The number of terminal acetylenes is 2. The van der Waals surface area contributed by atoms with E-state index in [0.717, 1.165) is 0 Å². The van der Waals surface area contributed by atoms with Gasteiger partial charge in [0.2, 0.25) is 0 Å². The van der Waals surface area contributed by atoms with E-state index in [9.17, 15) is 5.11 Å². The van der Waals surface area contributed by atoms with Gasteiger partial charge in [-0.1, -0.05) is 33.6 Å². The fraction of sp³-hybridized carbons (Fsp3) is 0.692. The average Bonchev–Trinajstić information content (AvgIpc) is 2.03. The van der Waals surface area contributed by atoms with E-state index in [1.165, 1.54) is 0 Å². The van der Waals surface area contributed by atoms with Crippen molar-refractivity contribution in [3.8, 4) is 24.7 Å². The molecule has 0 heterocycles. The van der Waals surface area contributed by atoms with Crippen molar-refractivity contribution in [2.24, 2.45) is 11.8 Å². The van der Waals surface area contributed by atoms with Crippen molar-refractivity contribution in [1.82, 2.24) is 0 Å². The van der Waals surface area contributed by atoms with E-state index in [1.807, 2.05) is 27.7 Å². The topological polar surface area (TPSA) is 20.2 Å². The lowest BCUT2D eigenvalue weighted by atomic mass is 9.95. The van der Waals surface area contributed by atoms with Gasteiger partial charge in [0.05, 0.1) is 0 Å². The zero-order chi connectivity index (χ0) is 11.8. The van der Waals surface area contributed by atoms with Gasteiger partial charge in [0.1, 0.15) is 5.60 Å². The van der Waals surface area contributed by atoms with Gasteiger partial charge in [-0.25, -0.2) is 0 Å². The molecule has 1 unspecified atom stereocenters. The van der Waals surface area contributed by atoms with Gasteiger partial charge in [0.15, 0.2) is 0 Å². The molecule has 0 aromatic carbocycles. The lowest BCUT2D eigenvalue weighted by molar-refractivity contribution is 0.0978. The van der Waals surface area contributed by atoms with Crippen molar-refractivity contribution in [3.63, 3.8) is 0 Å². The minimum absolute atomic E-state index is 0.412. The van der Waals surface area contributed by atoms with E-state index in [1.54, 1.807) is 6.92 Å². The van der Waals surface area contributed by atoms with Crippen molar-refractivity contribution in [1.29, 1.82) is 0 Å². The third kappa shape index (κ3) is 13.7. The number of hydrogen-bond acceptors (Lipinski definition) is 1. The van der Waals surface area contributed by atoms with Gasteiger partial charge in [0, 0.05) is 5.92 Å². The summed E-state index contributed by atoms with van der Waals surface area (Å²) in [7, 11) is 0. The summed E-state index contributed by atoms with van der Waals surface area (Å²) in [6.07, 6.45) is 10.6. The monoisotopic (exact) mass is 194 g/mol. The van der Waals surface area contributed by atoms with Crippen LogP contribution in [0.5, 0.6) is 0 Å². The summed E-state index contributed by atoms with van der Waals surface area (Å²) in [6, 6.07) is 0. The second kappa shape index (κ2) is 7.48. The largest absolute Gasteiger partial charge is 0.378 e. The van der Waals surface area contributed by atoms with Crippen LogP contribution < -0.4 is 0 Å². The van der Waals surface area contributed by atoms with Gasteiger partial charge < -0.3 is 5.11 Å². The van der Waals surface area contributed by atoms with Gasteiger partial charge in [-0.05, 0) is 19.3 Å². The quantitative estimate of drug-likeness (QED) is 0.670. The second-order valence-electron chi connectivity index (χ2n) is 4.34. The van der Waals surface area contributed by atoms with Crippen molar-refractivity contribution < 1.29 is 5.11 Å². The minimum atomic E-state index is -0.909. The summed E-state index contributed by atoms with van der Waals surface area (Å²) >= 11 is 0. The van der Waals surface area contributed by atoms with E-state index < -0.39 is 5.60 Å². The number of rotatable bonds is 2. The predicted molar refractivity (Wildman–Crippen MR) is 62.6 cm³/mol. The molecule has 1 nitrogen and oxygen atoms in total. The van der Waals surface area contributed by atoms with Crippen LogP contribution in [0.2, 0.25) is 0 Å². The standard InChI is InChI=1S/C8H14O.C5H8/c1-5-8(4,9)6-7(2)3;1-4-5(2)3/h1,7,9H,6H2,2-4H3;1,5H,2-3H3. The lowest BCUT2D eigenvalue weighted by Crippen LogP contribution is -2.23. The maximum absolute atomic E-state index is 9.26. The van der Waals surface area contributed by atoms with Crippen molar-refractivity contribution in [2.45, 2.75) is 46.6 Å². The highest BCUT2D eigenvalue weighted by atomic mass is 16.3. The molecule has 1 heteroatoms. The normalized spacial score (nSPS) is 13.6. The molecule has 0 spiro atoms. The molecule has 0 bridgehead atoms. The minimum Gasteiger partial charge on any atom is -0.378 e. The van der Waals surface area contributed by atoms with Gasteiger partial charge in [-0.3, -0.25) is 0 Å². The van der Waals surface area contributed by atoms with Crippen LogP contribution in [0.3, 0.4) is 0 Å². The van der Waals surface area contributed by atoms with E-state index in [4.69, 9.17) is 12.8 Å². The Morgan fingerprint density at radius 2 is 1.57 bits per heavy atom. The van der Waals surface area contributed by atoms with E-state index in [-0.39, 0.29) is 0 Å². The fourth-order valence-electron chi connectivity index (χ4n) is 0.854. The van der Waals surface area contributed by atoms with Crippen LogP contribution in [0, 0.1) is 36.5 Å². The van der Waals surface area contributed by atoms with Crippen LogP contribution in [0.15, 0.2) is 0 Å². The van der Waals surface area contributed by atoms with E-state index in [2.05, 4.69) is 11.8 Å². The van der Waals surface area contributed by atoms with Gasteiger partial charge in [0.25, 0.3) is 0 Å². The lowest BCUT2D eigenvalue weighted by Gasteiger charge is -2.17. The summed E-state index contributed by atoms with van der Waals surface area (Å²) in [4.78, 5) is 0. The van der Waals surface area contributed by atoms with Crippen molar-refractivity contribution in [2.75, 3.05) is 0 Å². The zero-order valence-corrected chi connectivity index (χ0v) is 9.96. The first-order chi connectivity index (χ1) is 6.25. The Morgan fingerprint density at radius 3 is 1.64 bits per heavy atom. The van der Waals surface area contributed by atoms with Crippen molar-refractivity contribution >= 4 is 0 Å². The Balaban J connectivity index is 0. The maximum Gasteiger partial charge on any atom is 0.122 e. The molecule has 0 aliphatic rings. The molecular formula is C13H22O. The van der Waals surface area contributed by atoms with E-state index >= 15 is 0 Å². The molecule has 80 valence electrons. The summed E-state index contributed by atoms with van der Waals surface area (Å²) in [5.41, 5.74) is -0.909. The SMILES string of the molecule is C#CC(C)(O)CC(C)C.C#CC(C)C. The van der Waals surface area contributed by atoms with Gasteiger partial charge in [-0.15, -0.1) is 18.8 Å². The average molecular weight is 194 g/mol. The molecule has 1 N–H and O–H groups in total. The smallest absolute Gasteiger partial charge is 0.122 e. The zero-order valence-electron chi connectivity index (χ0n) is 9.96. The molecular weight excluding hydrogens is 172 g/mol. The third-order valence-electron chi connectivity index (χ3n) is 1.45. The molecule has 0 saturated carbocycles. The highest BCUT2D eigenvalue weighted by molar-refractivity contribution is 5.04. The van der Waals surface area contributed by atoms with Crippen LogP contribution in [-0.2, 0) is 0 Å². The first-order valence-electron chi connectivity index (χ1n) is 4.91.